The molecule has 1 nitrogen and oxygen atoms in total. The minimum Gasteiger partial charge on any atom is -0.313 e. The van der Waals surface area contributed by atoms with E-state index in [1.54, 1.807) is 0 Å². The Labute approximate surface area is 114 Å². The maximum atomic E-state index is 5.93. The number of unbranched alkanes of at least 4 members (excludes halogenated alkanes) is 3. The minimum absolute atomic E-state index is 0.821. The molecule has 0 aromatic heterocycles. The van der Waals surface area contributed by atoms with E-state index in [0.29, 0.717) is 0 Å². The molecule has 0 unspecified atom stereocenters. The Bertz CT molecular complexity index is 304. The van der Waals surface area contributed by atoms with Crippen molar-refractivity contribution in [2.75, 3.05) is 18.6 Å². The van der Waals surface area contributed by atoms with Crippen molar-refractivity contribution in [2.45, 2.75) is 32.2 Å². The van der Waals surface area contributed by atoms with Crippen LogP contribution in [0, 0.1) is 0 Å². The van der Waals surface area contributed by atoms with Crippen LogP contribution in [0.15, 0.2) is 24.3 Å². The van der Waals surface area contributed by atoms with Gasteiger partial charge in [-0.2, -0.15) is 11.8 Å². The summed E-state index contributed by atoms with van der Waals surface area (Å²) < 4.78 is 0. The van der Waals surface area contributed by atoms with Crippen LogP contribution in [-0.4, -0.2) is 18.6 Å². The summed E-state index contributed by atoms with van der Waals surface area (Å²) in [6.07, 6.45) is 7.50. The van der Waals surface area contributed by atoms with E-state index < -0.39 is 0 Å². The summed E-state index contributed by atoms with van der Waals surface area (Å²) in [4.78, 5) is 0. The highest BCUT2D eigenvalue weighted by Gasteiger charge is 1.94. The first kappa shape index (κ1) is 14.9. The summed E-state index contributed by atoms with van der Waals surface area (Å²) in [5, 5.41) is 4.28. The third-order valence-corrected chi connectivity index (χ3v) is 3.60. The first-order valence-corrected chi connectivity index (χ1v) is 8.04. The monoisotopic (exact) mass is 271 g/mol. The van der Waals surface area contributed by atoms with Crippen molar-refractivity contribution < 1.29 is 0 Å². The molecule has 0 atom stereocenters. The number of nitrogens with one attached hydrogen (secondary N) is 1. The maximum Gasteiger partial charge on any atom is 0.0409 e. The summed E-state index contributed by atoms with van der Waals surface area (Å²) in [6.45, 7) is 2.02. The Morgan fingerprint density at radius 2 is 2.00 bits per heavy atom. The lowest BCUT2D eigenvalue weighted by atomic mass is 10.2. The van der Waals surface area contributed by atoms with Crippen molar-refractivity contribution in [3.05, 3.63) is 34.9 Å². The first-order valence-electron chi connectivity index (χ1n) is 6.27. The van der Waals surface area contributed by atoms with Gasteiger partial charge >= 0.3 is 0 Å². The second-order valence-electron chi connectivity index (χ2n) is 4.21. The van der Waals surface area contributed by atoms with E-state index >= 15 is 0 Å². The second-order valence-corrected chi connectivity index (χ2v) is 5.64. The van der Waals surface area contributed by atoms with Crippen LogP contribution in [-0.2, 0) is 6.54 Å². The fraction of sp³-hybridized carbons (Fsp3) is 0.571. The Morgan fingerprint density at radius 3 is 2.76 bits per heavy atom. The van der Waals surface area contributed by atoms with Crippen LogP contribution in [0.4, 0.5) is 0 Å². The van der Waals surface area contributed by atoms with E-state index in [1.807, 2.05) is 30.0 Å². The molecule has 0 radical (unpaired) electrons. The van der Waals surface area contributed by atoms with Gasteiger partial charge in [-0.25, -0.2) is 0 Å². The maximum absolute atomic E-state index is 5.93. The van der Waals surface area contributed by atoms with E-state index in [-0.39, 0.29) is 0 Å². The van der Waals surface area contributed by atoms with Crippen molar-refractivity contribution in [2.24, 2.45) is 0 Å². The van der Waals surface area contributed by atoms with Gasteiger partial charge in [0.2, 0.25) is 0 Å². The van der Waals surface area contributed by atoms with E-state index in [1.165, 1.54) is 37.0 Å². The quantitative estimate of drug-likeness (QED) is 0.670. The third-order valence-electron chi connectivity index (χ3n) is 2.67. The molecule has 0 aliphatic heterocycles. The van der Waals surface area contributed by atoms with Crippen LogP contribution in [0.1, 0.15) is 31.2 Å². The minimum atomic E-state index is 0.821. The fourth-order valence-corrected chi connectivity index (χ4v) is 2.44. The normalized spacial score (nSPS) is 10.7. The van der Waals surface area contributed by atoms with Crippen molar-refractivity contribution in [3.63, 3.8) is 0 Å². The van der Waals surface area contributed by atoms with Gasteiger partial charge in [0.05, 0.1) is 0 Å². The van der Waals surface area contributed by atoms with Crippen LogP contribution < -0.4 is 5.32 Å². The Hall–Kier alpha value is -0.180. The van der Waals surface area contributed by atoms with Crippen LogP contribution in [0.25, 0.3) is 0 Å². The topological polar surface area (TPSA) is 12.0 Å². The zero-order valence-corrected chi connectivity index (χ0v) is 12.1. The molecule has 1 rings (SSSR count). The number of thioether (sulfide) groups is 1. The van der Waals surface area contributed by atoms with E-state index in [2.05, 4.69) is 17.6 Å². The summed E-state index contributed by atoms with van der Waals surface area (Å²) >= 11 is 7.87. The average Bonchev–Trinajstić information content (AvgIpc) is 2.33. The molecule has 0 aliphatic carbocycles. The van der Waals surface area contributed by atoms with Gasteiger partial charge in [-0.15, -0.1) is 0 Å². The highest BCUT2D eigenvalue weighted by atomic mass is 35.5. The van der Waals surface area contributed by atoms with Crippen LogP contribution >= 0.6 is 23.4 Å². The van der Waals surface area contributed by atoms with Crippen molar-refractivity contribution in [3.8, 4) is 0 Å². The van der Waals surface area contributed by atoms with Crippen molar-refractivity contribution in [1.29, 1.82) is 0 Å². The second kappa shape index (κ2) is 9.81. The predicted molar refractivity (Wildman–Crippen MR) is 80.0 cm³/mol. The molecule has 0 aliphatic rings. The summed E-state index contributed by atoms with van der Waals surface area (Å²) in [5.41, 5.74) is 1.26. The van der Waals surface area contributed by atoms with Gasteiger partial charge in [0.15, 0.2) is 0 Å². The highest BCUT2D eigenvalue weighted by Crippen LogP contribution is 2.10. The number of benzene rings is 1. The number of hydrogen-bond acceptors (Lipinski definition) is 2. The van der Waals surface area contributed by atoms with Gasteiger partial charge in [0.1, 0.15) is 0 Å². The number of rotatable bonds is 9. The standard InChI is InChI=1S/C14H22ClNS/c1-17-10-5-3-2-4-9-16-12-13-7-6-8-14(15)11-13/h6-8,11,16H,2-5,9-10,12H2,1H3. The predicted octanol–water partition coefficient (Wildman–Crippen LogP) is 4.35. The summed E-state index contributed by atoms with van der Waals surface area (Å²) in [7, 11) is 0. The molecule has 1 aromatic rings. The number of hydrogen-bond donors (Lipinski definition) is 1. The van der Waals surface area contributed by atoms with Gasteiger partial charge in [0, 0.05) is 11.6 Å². The zero-order chi connectivity index (χ0) is 12.3. The molecule has 17 heavy (non-hydrogen) atoms. The lowest BCUT2D eigenvalue weighted by molar-refractivity contribution is 0.599. The Balaban J connectivity index is 1.97. The van der Waals surface area contributed by atoms with E-state index in [4.69, 9.17) is 11.6 Å². The number of halogens is 1. The average molecular weight is 272 g/mol. The summed E-state index contributed by atoms with van der Waals surface area (Å²) in [6, 6.07) is 8.04. The van der Waals surface area contributed by atoms with E-state index in [9.17, 15) is 0 Å². The van der Waals surface area contributed by atoms with Crippen molar-refractivity contribution in [1.82, 2.24) is 5.32 Å². The van der Waals surface area contributed by atoms with Gasteiger partial charge in [-0.3, -0.25) is 0 Å². The highest BCUT2D eigenvalue weighted by molar-refractivity contribution is 7.98. The molecule has 1 N–H and O–H groups in total. The van der Waals surface area contributed by atoms with Gasteiger partial charge in [-0.1, -0.05) is 36.6 Å². The molecule has 0 fully saturated rings. The molecule has 0 amide bonds. The SMILES string of the molecule is CSCCCCCCNCc1cccc(Cl)c1. The fourth-order valence-electron chi connectivity index (χ4n) is 1.73. The van der Waals surface area contributed by atoms with Gasteiger partial charge in [0.25, 0.3) is 0 Å². The smallest absolute Gasteiger partial charge is 0.0409 e. The molecule has 1 aromatic carbocycles. The van der Waals surface area contributed by atoms with Crippen LogP contribution in [0.5, 0.6) is 0 Å². The van der Waals surface area contributed by atoms with Crippen LogP contribution in [0.2, 0.25) is 5.02 Å². The molecule has 0 saturated heterocycles. The lowest BCUT2D eigenvalue weighted by Crippen LogP contribution is -2.14. The molecule has 96 valence electrons. The largest absolute Gasteiger partial charge is 0.313 e. The van der Waals surface area contributed by atoms with Gasteiger partial charge < -0.3 is 5.32 Å². The lowest BCUT2D eigenvalue weighted by Gasteiger charge is -2.05. The Morgan fingerprint density at radius 1 is 1.18 bits per heavy atom. The zero-order valence-electron chi connectivity index (χ0n) is 10.5. The third kappa shape index (κ3) is 7.69. The van der Waals surface area contributed by atoms with Gasteiger partial charge in [-0.05, 0) is 49.1 Å². The molecule has 0 spiro atoms. The summed E-state index contributed by atoms with van der Waals surface area (Å²) in [5.74, 6) is 1.30. The molecular weight excluding hydrogens is 250 g/mol. The molecule has 3 heteroatoms. The van der Waals surface area contributed by atoms with E-state index in [0.717, 1.165) is 18.1 Å². The van der Waals surface area contributed by atoms with Crippen molar-refractivity contribution >= 4 is 23.4 Å². The molecular formula is C14H22ClNS. The van der Waals surface area contributed by atoms with Crippen LogP contribution in [0.3, 0.4) is 0 Å². The molecule has 0 saturated carbocycles. The molecule has 0 bridgehead atoms. The first-order chi connectivity index (χ1) is 8.33. The molecule has 0 heterocycles. The Kier molecular flexibility index (Phi) is 8.59.